The molecule has 0 aliphatic carbocycles. The van der Waals surface area contributed by atoms with Gasteiger partial charge < -0.3 is 10.0 Å². The molecule has 0 unspecified atom stereocenters. The van der Waals surface area contributed by atoms with Gasteiger partial charge in [-0.2, -0.15) is 0 Å². The number of β-amino-alcohol motifs (C(OH)–C–C–N with tert-alkyl or cyclic N) is 1. The first-order valence-corrected chi connectivity index (χ1v) is 7.55. The van der Waals surface area contributed by atoms with Crippen molar-refractivity contribution in [2.75, 3.05) is 37.6 Å². The van der Waals surface area contributed by atoms with E-state index in [2.05, 4.69) is 30.7 Å². The highest BCUT2D eigenvalue weighted by atomic mass is 79.9. The molecule has 1 aliphatic rings. The minimum Gasteiger partial charge on any atom is -0.389 e. The van der Waals surface area contributed by atoms with Gasteiger partial charge in [-0.05, 0) is 29.8 Å². The summed E-state index contributed by atoms with van der Waals surface area (Å²) < 4.78 is 0.632. The lowest BCUT2D eigenvalue weighted by Crippen LogP contribution is -2.50. The minimum atomic E-state index is -0.700. The van der Waals surface area contributed by atoms with Crippen LogP contribution in [0.1, 0.15) is 13.8 Å². The van der Waals surface area contributed by atoms with Crippen molar-refractivity contribution < 1.29 is 10.0 Å². The quantitative estimate of drug-likeness (QED) is 0.650. The molecule has 0 atom stereocenters. The number of pyridine rings is 1. The number of nitrogens with zero attached hydrogens (tertiary/aromatic N) is 4. The number of halogens is 1. The molecule has 0 bridgehead atoms. The second-order valence-electron chi connectivity index (χ2n) is 5.83. The Kier molecular flexibility index (Phi) is 4.80. The van der Waals surface area contributed by atoms with Crippen LogP contribution < -0.4 is 4.90 Å². The fourth-order valence-electron chi connectivity index (χ4n) is 2.42. The van der Waals surface area contributed by atoms with Crippen LogP contribution in [-0.2, 0) is 0 Å². The van der Waals surface area contributed by atoms with Gasteiger partial charge in [0, 0.05) is 38.8 Å². The molecule has 1 aromatic rings. The van der Waals surface area contributed by atoms with Gasteiger partial charge in [-0.1, -0.05) is 0 Å². The maximum absolute atomic E-state index is 10.7. The molecular weight excluding hydrogens is 340 g/mol. The molecule has 1 N–H and O–H groups in total. The first-order valence-electron chi connectivity index (χ1n) is 6.76. The van der Waals surface area contributed by atoms with E-state index in [1.54, 1.807) is 13.8 Å². The van der Waals surface area contributed by atoms with Gasteiger partial charge in [0.2, 0.25) is 0 Å². The molecular formula is C13H19BrN4O3. The van der Waals surface area contributed by atoms with Crippen molar-refractivity contribution in [2.24, 2.45) is 0 Å². The van der Waals surface area contributed by atoms with Gasteiger partial charge in [0.05, 0.1) is 15.0 Å². The summed E-state index contributed by atoms with van der Waals surface area (Å²) in [5.41, 5.74) is -0.722. The number of aliphatic hydroxyl groups is 1. The Balaban J connectivity index is 2.01. The molecule has 0 amide bonds. The van der Waals surface area contributed by atoms with Gasteiger partial charge in [-0.15, -0.1) is 0 Å². The summed E-state index contributed by atoms with van der Waals surface area (Å²) in [6.45, 7) is 7.45. The molecule has 2 rings (SSSR count). The molecule has 0 radical (unpaired) electrons. The largest absolute Gasteiger partial charge is 0.389 e. The molecule has 0 saturated carbocycles. The number of aromatic nitrogens is 1. The Hall–Kier alpha value is -1.25. The van der Waals surface area contributed by atoms with Crippen molar-refractivity contribution in [3.05, 3.63) is 26.9 Å². The molecule has 0 aromatic carbocycles. The van der Waals surface area contributed by atoms with E-state index in [1.165, 1.54) is 12.3 Å². The minimum absolute atomic E-state index is 0.0220. The topological polar surface area (TPSA) is 82.7 Å². The summed E-state index contributed by atoms with van der Waals surface area (Å²) in [5, 5.41) is 20.6. The zero-order chi connectivity index (χ0) is 15.6. The van der Waals surface area contributed by atoms with E-state index in [4.69, 9.17) is 0 Å². The molecule has 21 heavy (non-hydrogen) atoms. The van der Waals surface area contributed by atoms with Crippen LogP contribution >= 0.6 is 15.9 Å². The van der Waals surface area contributed by atoms with E-state index in [-0.39, 0.29) is 5.69 Å². The second kappa shape index (κ2) is 6.25. The summed E-state index contributed by atoms with van der Waals surface area (Å²) in [7, 11) is 0. The highest BCUT2D eigenvalue weighted by Gasteiger charge is 2.24. The van der Waals surface area contributed by atoms with Crippen molar-refractivity contribution in [1.29, 1.82) is 0 Å². The van der Waals surface area contributed by atoms with Crippen molar-refractivity contribution >= 4 is 27.4 Å². The van der Waals surface area contributed by atoms with Crippen LogP contribution in [0.25, 0.3) is 0 Å². The van der Waals surface area contributed by atoms with Crippen LogP contribution in [0.5, 0.6) is 0 Å². The zero-order valence-electron chi connectivity index (χ0n) is 12.1. The molecule has 8 heteroatoms. The van der Waals surface area contributed by atoms with Gasteiger partial charge in [-0.3, -0.25) is 15.0 Å². The van der Waals surface area contributed by atoms with Crippen molar-refractivity contribution in [3.8, 4) is 0 Å². The van der Waals surface area contributed by atoms with E-state index < -0.39 is 10.5 Å². The summed E-state index contributed by atoms with van der Waals surface area (Å²) in [6.07, 6.45) is 1.28. The normalized spacial score (nSPS) is 17.0. The number of anilines is 1. The van der Waals surface area contributed by atoms with Gasteiger partial charge >= 0.3 is 0 Å². The van der Waals surface area contributed by atoms with Gasteiger partial charge in [0.1, 0.15) is 12.0 Å². The third-order valence-electron chi connectivity index (χ3n) is 3.30. The predicted molar refractivity (Wildman–Crippen MR) is 83.5 cm³/mol. The lowest BCUT2D eigenvalue weighted by Gasteiger charge is -2.38. The predicted octanol–water partition coefficient (Wildman–Crippen LogP) is 1.65. The lowest BCUT2D eigenvalue weighted by molar-refractivity contribution is -0.385. The Morgan fingerprint density at radius 3 is 2.52 bits per heavy atom. The van der Waals surface area contributed by atoms with Crippen LogP contribution in [-0.4, -0.2) is 58.2 Å². The molecule has 116 valence electrons. The molecule has 7 nitrogen and oxygen atoms in total. The summed E-state index contributed by atoms with van der Waals surface area (Å²) in [5.74, 6) is 0.725. The van der Waals surface area contributed by atoms with Gasteiger partial charge in [-0.25, -0.2) is 4.98 Å². The zero-order valence-corrected chi connectivity index (χ0v) is 13.7. The fourth-order valence-corrected chi connectivity index (χ4v) is 3.01. The molecule has 0 spiro atoms. The highest BCUT2D eigenvalue weighted by Crippen LogP contribution is 2.28. The Bertz CT molecular complexity index is 525. The second-order valence-corrected chi connectivity index (χ2v) is 6.69. The maximum atomic E-state index is 10.7. The van der Waals surface area contributed by atoms with Crippen LogP contribution in [0.15, 0.2) is 16.7 Å². The highest BCUT2D eigenvalue weighted by molar-refractivity contribution is 9.10. The third-order valence-corrected chi connectivity index (χ3v) is 3.88. The van der Waals surface area contributed by atoms with Gasteiger partial charge in [0.15, 0.2) is 0 Å². The Labute approximate surface area is 131 Å². The Morgan fingerprint density at radius 1 is 1.43 bits per heavy atom. The molecule has 1 aliphatic heterocycles. The number of hydrogen-bond acceptors (Lipinski definition) is 6. The molecule has 1 fully saturated rings. The fraction of sp³-hybridized carbons (Fsp3) is 0.615. The monoisotopic (exact) mass is 358 g/mol. The van der Waals surface area contributed by atoms with E-state index in [0.717, 1.165) is 32.0 Å². The van der Waals surface area contributed by atoms with Gasteiger partial charge in [0.25, 0.3) is 5.69 Å². The van der Waals surface area contributed by atoms with Crippen molar-refractivity contribution in [2.45, 2.75) is 19.4 Å². The summed E-state index contributed by atoms with van der Waals surface area (Å²) in [4.78, 5) is 18.8. The number of hydrogen-bond donors (Lipinski definition) is 1. The van der Waals surface area contributed by atoms with Crippen LogP contribution in [0.4, 0.5) is 11.5 Å². The van der Waals surface area contributed by atoms with E-state index in [9.17, 15) is 15.2 Å². The molecule has 1 saturated heterocycles. The summed E-state index contributed by atoms with van der Waals surface area (Å²) in [6, 6.07) is 1.48. The third kappa shape index (κ3) is 4.36. The SMILES string of the molecule is CC(C)(O)CN1CCN(c2ncc([N+](=O)[O-])cc2Br)CC1. The molecule has 2 heterocycles. The lowest BCUT2D eigenvalue weighted by atomic mass is 10.1. The van der Waals surface area contributed by atoms with Crippen molar-refractivity contribution in [1.82, 2.24) is 9.88 Å². The number of rotatable bonds is 4. The van der Waals surface area contributed by atoms with E-state index in [0.29, 0.717) is 11.0 Å². The Morgan fingerprint density at radius 2 is 2.05 bits per heavy atom. The first-order chi connectivity index (χ1) is 9.76. The van der Waals surface area contributed by atoms with E-state index >= 15 is 0 Å². The van der Waals surface area contributed by atoms with Crippen LogP contribution in [0, 0.1) is 10.1 Å². The van der Waals surface area contributed by atoms with Crippen molar-refractivity contribution in [3.63, 3.8) is 0 Å². The summed E-state index contributed by atoms with van der Waals surface area (Å²) >= 11 is 3.35. The average Bonchev–Trinajstić information content (AvgIpc) is 2.38. The first kappa shape index (κ1) is 16.1. The standard InChI is InChI=1S/C13H19BrN4O3/c1-13(2,19)9-16-3-5-17(6-4-16)12-11(14)7-10(8-15-12)18(20)21/h7-8,19H,3-6,9H2,1-2H3. The van der Waals surface area contributed by atoms with Crippen LogP contribution in [0.2, 0.25) is 0 Å². The smallest absolute Gasteiger partial charge is 0.288 e. The van der Waals surface area contributed by atoms with E-state index in [1.807, 2.05) is 0 Å². The average molecular weight is 359 g/mol. The molecule has 1 aromatic heterocycles. The number of nitro groups is 1. The van der Waals surface area contributed by atoms with Crippen LogP contribution in [0.3, 0.4) is 0 Å². The number of piperazine rings is 1. The maximum Gasteiger partial charge on any atom is 0.288 e.